The Balaban J connectivity index is 1.70. The molecule has 1 aromatic rings. The van der Waals surface area contributed by atoms with Crippen LogP contribution in [0.3, 0.4) is 0 Å². The molecule has 2 aliphatic heterocycles. The van der Waals surface area contributed by atoms with Crippen molar-refractivity contribution < 1.29 is 19.2 Å². The fraction of sp³-hybridized carbons (Fsp3) is 0.471. The molecule has 0 aromatic heterocycles. The second kappa shape index (κ2) is 7.55. The van der Waals surface area contributed by atoms with Crippen molar-refractivity contribution in [2.75, 3.05) is 19.8 Å². The van der Waals surface area contributed by atoms with Gasteiger partial charge in [-0.1, -0.05) is 12.1 Å². The average molecular weight is 332 g/mol. The van der Waals surface area contributed by atoms with Crippen molar-refractivity contribution in [3.8, 4) is 0 Å². The lowest BCUT2D eigenvalue weighted by Crippen LogP contribution is -2.49. The molecule has 2 aliphatic rings. The monoisotopic (exact) mass is 332 g/mol. The SMILES string of the molecule is O=C(C=Cc1cccc([N+](=O)[O-])c1)N1CCCCC1C1OCCO1. The van der Waals surface area contributed by atoms with Gasteiger partial charge >= 0.3 is 0 Å². The Kier molecular flexibility index (Phi) is 5.22. The molecule has 0 bridgehead atoms. The normalized spacial score (nSPS) is 22.2. The minimum atomic E-state index is -0.450. The molecular weight excluding hydrogens is 312 g/mol. The number of nitrogens with zero attached hydrogens (tertiary/aromatic N) is 2. The van der Waals surface area contributed by atoms with Crippen LogP contribution in [-0.4, -0.2) is 47.8 Å². The summed E-state index contributed by atoms with van der Waals surface area (Å²) in [5, 5.41) is 10.8. The number of carbonyl (C=O) groups is 1. The standard InChI is InChI=1S/C17H20N2O5/c20-16(8-7-13-4-3-5-14(12-13)19(21)22)18-9-2-1-6-15(18)17-23-10-11-24-17/h3-5,7-8,12,15,17H,1-2,6,9-11H2. The molecule has 0 spiro atoms. The van der Waals surface area contributed by atoms with Crippen molar-refractivity contribution in [3.05, 3.63) is 46.0 Å². The zero-order valence-electron chi connectivity index (χ0n) is 13.3. The molecule has 2 heterocycles. The summed E-state index contributed by atoms with van der Waals surface area (Å²) in [5.41, 5.74) is 0.632. The lowest BCUT2D eigenvalue weighted by Gasteiger charge is -2.37. The molecular formula is C17H20N2O5. The third-order valence-corrected chi connectivity index (χ3v) is 4.29. The van der Waals surface area contributed by atoms with Crippen LogP contribution in [0.15, 0.2) is 30.3 Å². The van der Waals surface area contributed by atoms with E-state index < -0.39 is 4.92 Å². The number of non-ortho nitro benzene ring substituents is 1. The number of hydrogen-bond donors (Lipinski definition) is 0. The molecule has 3 rings (SSSR count). The number of likely N-dealkylation sites (tertiary alicyclic amines) is 1. The minimum Gasteiger partial charge on any atom is -0.348 e. The molecule has 1 atom stereocenters. The largest absolute Gasteiger partial charge is 0.348 e. The maximum atomic E-state index is 12.6. The van der Waals surface area contributed by atoms with E-state index in [1.807, 2.05) is 0 Å². The summed E-state index contributed by atoms with van der Waals surface area (Å²) in [6, 6.07) is 6.14. The van der Waals surface area contributed by atoms with Crippen LogP contribution in [-0.2, 0) is 14.3 Å². The lowest BCUT2D eigenvalue weighted by molar-refractivity contribution is -0.384. The number of amides is 1. The molecule has 0 saturated carbocycles. The highest BCUT2D eigenvalue weighted by Crippen LogP contribution is 2.25. The minimum absolute atomic E-state index is 0.00760. The van der Waals surface area contributed by atoms with Crippen LogP contribution < -0.4 is 0 Å². The topological polar surface area (TPSA) is 81.9 Å². The van der Waals surface area contributed by atoms with Crippen LogP contribution in [0.1, 0.15) is 24.8 Å². The summed E-state index contributed by atoms with van der Waals surface area (Å²) in [4.78, 5) is 24.7. The van der Waals surface area contributed by atoms with Gasteiger partial charge in [0.1, 0.15) is 0 Å². The highest BCUT2D eigenvalue weighted by atomic mass is 16.7. The number of rotatable bonds is 4. The molecule has 0 aliphatic carbocycles. The van der Waals surface area contributed by atoms with E-state index in [4.69, 9.17) is 9.47 Å². The quantitative estimate of drug-likeness (QED) is 0.480. The highest BCUT2D eigenvalue weighted by molar-refractivity contribution is 5.92. The van der Waals surface area contributed by atoms with Crippen LogP contribution in [0.2, 0.25) is 0 Å². The molecule has 0 N–H and O–H groups in total. The molecule has 7 heteroatoms. The molecule has 24 heavy (non-hydrogen) atoms. The van der Waals surface area contributed by atoms with Crippen LogP contribution >= 0.6 is 0 Å². The third-order valence-electron chi connectivity index (χ3n) is 4.29. The van der Waals surface area contributed by atoms with Crippen molar-refractivity contribution in [3.63, 3.8) is 0 Å². The summed E-state index contributed by atoms with van der Waals surface area (Å²) in [5.74, 6) is -0.120. The number of benzene rings is 1. The third kappa shape index (κ3) is 3.80. The van der Waals surface area contributed by atoms with Gasteiger partial charge in [-0.15, -0.1) is 0 Å². The summed E-state index contributed by atoms with van der Waals surface area (Å²) < 4.78 is 11.1. The smallest absolute Gasteiger partial charge is 0.270 e. The van der Waals surface area contributed by atoms with Crippen molar-refractivity contribution in [1.82, 2.24) is 4.90 Å². The zero-order valence-corrected chi connectivity index (χ0v) is 13.3. The Labute approximate surface area is 140 Å². The van der Waals surface area contributed by atoms with E-state index in [9.17, 15) is 14.9 Å². The van der Waals surface area contributed by atoms with Gasteiger partial charge in [0.05, 0.1) is 24.2 Å². The Morgan fingerprint density at radius 1 is 1.29 bits per heavy atom. The maximum Gasteiger partial charge on any atom is 0.270 e. The Morgan fingerprint density at radius 2 is 2.08 bits per heavy atom. The maximum absolute atomic E-state index is 12.6. The molecule has 2 saturated heterocycles. The van der Waals surface area contributed by atoms with Crippen molar-refractivity contribution >= 4 is 17.7 Å². The summed E-state index contributed by atoms with van der Waals surface area (Å²) >= 11 is 0. The Bertz CT molecular complexity index is 640. The summed E-state index contributed by atoms with van der Waals surface area (Å²) in [6.45, 7) is 1.80. The van der Waals surface area contributed by atoms with Gasteiger partial charge in [-0.25, -0.2) is 0 Å². The first-order chi connectivity index (χ1) is 11.6. The van der Waals surface area contributed by atoms with Gasteiger partial charge in [0, 0.05) is 24.8 Å². The number of nitro benzene ring substituents is 1. The van der Waals surface area contributed by atoms with E-state index in [1.54, 1.807) is 23.1 Å². The zero-order chi connectivity index (χ0) is 16.9. The summed E-state index contributed by atoms with van der Waals surface area (Å²) in [7, 11) is 0. The first-order valence-electron chi connectivity index (χ1n) is 8.11. The average Bonchev–Trinajstić information content (AvgIpc) is 3.14. The Hall–Kier alpha value is -2.25. The predicted octanol–water partition coefficient (Wildman–Crippen LogP) is 2.36. The second-order valence-electron chi connectivity index (χ2n) is 5.89. The second-order valence-corrected chi connectivity index (χ2v) is 5.89. The van der Waals surface area contributed by atoms with Gasteiger partial charge in [0.25, 0.3) is 5.69 Å². The van der Waals surface area contributed by atoms with Gasteiger partial charge in [0.2, 0.25) is 5.91 Å². The Morgan fingerprint density at radius 3 is 2.83 bits per heavy atom. The van der Waals surface area contributed by atoms with Crippen LogP contribution in [0.4, 0.5) is 5.69 Å². The van der Waals surface area contributed by atoms with E-state index in [2.05, 4.69) is 0 Å². The van der Waals surface area contributed by atoms with Crippen LogP contribution in [0.5, 0.6) is 0 Å². The van der Waals surface area contributed by atoms with Gasteiger partial charge in [-0.2, -0.15) is 0 Å². The molecule has 1 aromatic carbocycles. The van der Waals surface area contributed by atoms with Crippen molar-refractivity contribution in [1.29, 1.82) is 0 Å². The number of ether oxygens (including phenoxy) is 2. The van der Waals surface area contributed by atoms with Gasteiger partial charge in [-0.3, -0.25) is 14.9 Å². The van der Waals surface area contributed by atoms with Gasteiger partial charge < -0.3 is 14.4 Å². The van der Waals surface area contributed by atoms with Crippen molar-refractivity contribution in [2.45, 2.75) is 31.6 Å². The lowest BCUT2D eigenvalue weighted by atomic mass is 10.0. The van der Waals surface area contributed by atoms with E-state index in [1.165, 1.54) is 18.2 Å². The van der Waals surface area contributed by atoms with E-state index in [-0.39, 0.29) is 23.9 Å². The van der Waals surface area contributed by atoms with E-state index >= 15 is 0 Å². The summed E-state index contributed by atoms with van der Waals surface area (Å²) in [6.07, 6.45) is 5.59. The molecule has 1 amide bonds. The number of piperidine rings is 1. The van der Waals surface area contributed by atoms with Crippen LogP contribution in [0, 0.1) is 10.1 Å². The molecule has 2 fully saturated rings. The number of carbonyl (C=O) groups excluding carboxylic acids is 1. The first-order valence-corrected chi connectivity index (χ1v) is 8.11. The van der Waals surface area contributed by atoms with E-state index in [0.29, 0.717) is 25.3 Å². The number of hydrogen-bond acceptors (Lipinski definition) is 5. The molecule has 1 unspecified atom stereocenters. The number of nitro groups is 1. The first kappa shape index (κ1) is 16.6. The molecule has 7 nitrogen and oxygen atoms in total. The highest BCUT2D eigenvalue weighted by Gasteiger charge is 2.35. The van der Waals surface area contributed by atoms with Gasteiger partial charge in [-0.05, 0) is 30.9 Å². The fourth-order valence-electron chi connectivity index (χ4n) is 3.12. The van der Waals surface area contributed by atoms with E-state index in [0.717, 1.165) is 19.3 Å². The fourth-order valence-corrected chi connectivity index (χ4v) is 3.12. The molecule has 128 valence electrons. The van der Waals surface area contributed by atoms with Crippen molar-refractivity contribution in [2.24, 2.45) is 0 Å². The van der Waals surface area contributed by atoms with Crippen LogP contribution in [0.25, 0.3) is 6.08 Å². The van der Waals surface area contributed by atoms with Gasteiger partial charge in [0.15, 0.2) is 6.29 Å². The molecule has 0 radical (unpaired) electrons. The predicted molar refractivity (Wildman–Crippen MR) is 87.2 cm³/mol.